The number of hydrogen-bond donors (Lipinski definition) is 2. The van der Waals surface area contributed by atoms with Crippen LogP contribution < -0.4 is 10.6 Å². The van der Waals surface area contributed by atoms with E-state index >= 15 is 0 Å². The number of carbonyl (C=O) groups excluding carboxylic acids is 2. The molecule has 0 spiro atoms. The van der Waals surface area contributed by atoms with Gasteiger partial charge in [0.2, 0.25) is 5.91 Å². The number of rotatable bonds is 5. The number of aryl methyl sites for hydroxylation is 2. The molecule has 0 aliphatic heterocycles. The zero-order valence-corrected chi connectivity index (χ0v) is 22.7. The van der Waals surface area contributed by atoms with Crippen molar-refractivity contribution in [2.45, 2.75) is 52.4 Å². The molecule has 7 nitrogen and oxygen atoms in total. The molecule has 0 fully saturated rings. The van der Waals surface area contributed by atoms with E-state index in [4.69, 9.17) is 0 Å². The van der Waals surface area contributed by atoms with Crippen LogP contribution in [0.2, 0.25) is 0 Å². The number of anilines is 2. The predicted molar refractivity (Wildman–Crippen MR) is 138 cm³/mol. The SMILES string of the molecule is Cc1ccc(-n2nc(C(C)(C)C)cc2NC(=O)CN(C)C(=O)Nc2cc(C(F)(F)F)cc(C(F)(F)F)c2)c(C)c1. The summed E-state index contributed by atoms with van der Waals surface area (Å²) < 4.78 is 80.4. The minimum absolute atomic E-state index is 0.0441. The molecule has 0 radical (unpaired) electrons. The normalized spacial score (nSPS) is 12.3. The van der Waals surface area contributed by atoms with Gasteiger partial charge in [-0.25, -0.2) is 9.48 Å². The molecule has 40 heavy (non-hydrogen) atoms. The van der Waals surface area contributed by atoms with Crippen molar-refractivity contribution in [3.63, 3.8) is 0 Å². The van der Waals surface area contributed by atoms with E-state index in [0.717, 1.165) is 16.0 Å². The largest absolute Gasteiger partial charge is 0.416 e. The lowest BCUT2D eigenvalue weighted by atomic mass is 9.92. The first-order chi connectivity index (χ1) is 18.3. The van der Waals surface area contributed by atoms with Gasteiger partial charge in [0.15, 0.2) is 0 Å². The van der Waals surface area contributed by atoms with Crippen molar-refractivity contribution in [3.05, 3.63) is 70.4 Å². The fourth-order valence-electron chi connectivity index (χ4n) is 3.78. The van der Waals surface area contributed by atoms with Crippen molar-refractivity contribution in [1.29, 1.82) is 0 Å². The number of urea groups is 1. The van der Waals surface area contributed by atoms with Gasteiger partial charge in [-0.05, 0) is 43.7 Å². The van der Waals surface area contributed by atoms with Crippen molar-refractivity contribution in [2.24, 2.45) is 0 Å². The summed E-state index contributed by atoms with van der Waals surface area (Å²) in [5, 5.41) is 9.34. The maximum atomic E-state index is 13.1. The summed E-state index contributed by atoms with van der Waals surface area (Å²) in [5.41, 5.74) is -0.908. The Bertz CT molecular complexity index is 1390. The van der Waals surface area contributed by atoms with Crippen molar-refractivity contribution in [2.75, 3.05) is 24.2 Å². The van der Waals surface area contributed by atoms with Gasteiger partial charge >= 0.3 is 18.4 Å². The molecule has 216 valence electrons. The van der Waals surface area contributed by atoms with E-state index in [-0.39, 0.29) is 11.5 Å². The molecule has 0 aliphatic carbocycles. The van der Waals surface area contributed by atoms with Crippen molar-refractivity contribution in [3.8, 4) is 5.69 Å². The predicted octanol–water partition coefficient (Wildman–Crippen LogP) is 6.93. The smallest absolute Gasteiger partial charge is 0.318 e. The lowest BCUT2D eigenvalue weighted by Gasteiger charge is -2.19. The Morgan fingerprint density at radius 2 is 1.45 bits per heavy atom. The number of halogens is 6. The monoisotopic (exact) mass is 569 g/mol. The minimum Gasteiger partial charge on any atom is -0.318 e. The highest BCUT2D eigenvalue weighted by Gasteiger charge is 2.37. The first kappa shape index (κ1) is 30.5. The van der Waals surface area contributed by atoms with Crippen molar-refractivity contribution in [1.82, 2.24) is 14.7 Å². The number of nitrogens with zero attached hydrogens (tertiary/aromatic N) is 3. The molecule has 0 saturated heterocycles. The molecule has 0 bridgehead atoms. The summed E-state index contributed by atoms with van der Waals surface area (Å²) in [6.45, 7) is 9.12. The van der Waals surface area contributed by atoms with Gasteiger partial charge in [0, 0.05) is 24.2 Å². The molecule has 2 aromatic carbocycles. The number of hydrogen-bond acceptors (Lipinski definition) is 3. The minimum atomic E-state index is -5.07. The third-order valence-electron chi connectivity index (χ3n) is 5.89. The highest BCUT2D eigenvalue weighted by Crippen LogP contribution is 2.37. The molecule has 1 aromatic heterocycles. The molecule has 3 amide bonds. The van der Waals surface area contributed by atoms with Crippen LogP contribution in [0.15, 0.2) is 42.5 Å². The van der Waals surface area contributed by atoms with Gasteiger partial charge in [-0.2, -0.15) is 31.4 Å². The van der Waals surface area contributed by atoms with Crippen LogP contribution in [-0.4, -0.2) is 40.2 Å². The van der Waals surface area contributed by atoms with E-state index in [9.17, 15) is 35.9 Å². The average molecular weight is 570 g/mol. The van der Waals surface area contributed by atoms with E-state index in [1.54, 1.807) is 10.7 Å². The lowest BCUT2D eigenvalue weighted by molar-refractivity contribution is -0.143. The van der Waals surface area contributed by atoms with Gasteiger partial charge in [-0.1, -0.05) is 38.5 Å². The van der Waals surface area contributed by atoms with E-state index in [2.05, 4.69) is 10.4 Å². The summed E-state index contributed by atoms with van der Waals surface area (Å²) in [6, 6.07) is 7.04. The maximum Gasteiger partial charge on any atom is 0.416 e. The molecule has 1 heterocycles. The summed E-state index contributed by atoms with van der Waals surface area (Å²) in [4.78, 5) is 26.3. The van der Waals surface area contributed by atoms with Crippen LogP contribution in [0, 0.1) is 13.8 Å². The lowest BCUT2D eigenvalue weighted by Crippen LogP contribution is -2.38. The number of benzene rings is 2. The number of nitrogens with one attached hydrogen (secondary N) is 2. The number of aromatic nitrogens is 2. The van der Waals surface area contributed by atoms with Gasteiger partial charge in [-0.3, -0.25) is 4.79 Å². The van der Waals surface area contributed by atoms with Gasteiger partial charge in [-0.15, -0.1) is 0 Å². The second-order valence-corrected chi connectivity index (χ2v) is 10.5. The van der Waals surface area contributed by atoms with Crippen LogP contribution in [0.5, 0.6) is 0 Å². The first-order valence-electron chi connectivity index (χ1n) is 12.1. The van der Waals surface area contributed by atoms with Crippen LogP contribution >= 0.6 is 0 Å². The van der Waals surface area contributed by atoms with E-state index in [1.165, 1.54) is 7.05 Å². The van der Waals surface area contributed by atoms with Gasteiger partial charge in [0.25, 0.3) is 0 Å². The molecule has 0 saturated carbocycles. The Hall–Kier alpha value is -4.03. The van der Waals surface area contributed by atoms with Crippen molar-refractivity contribution >= 4 is 23.4 Å². The molecule has 2 N–H and O–H groups in total. The fraction of sp³-hybridized carbons (Fsp3) is 0.370. The van der Waals surface area contributed by atoms with Crippen LogP contribution in [0.25, 0.3) is 5.69 Å². The van der Waals surface area contributed by atoms with Crippen LogP contribution in [0.4, 0.5) is 42.6 Å². The number of amides is 3. The summed E-state index contributed by atoms with van der Waals surface area (Å²) in [6.07, 6.45) is -10.1. The maximum absolute atomic E-state index is 13.1. The zero-order chi connectivity index (χ0) is 30.2. The third-order valence-corrected chi connectivity index (χ3v) is 5.89. The average Bonchev–Trinajstić information content (AvgIpc) is 3.21. The second-order valence-electron chi connectivity index (χ2n) is 10.5. The van der Waals surface area contributed by atoms with E-state index in [0.29, 0.717) is 29.3 Å². The summed E-state index contributed by atoms with van der Waals surface area (Å²) >= 11 is 0. The molecule has 0 atom stereocenters. The van der Waals surface area contributed by atoms with Crippen LogP contribution in [-0.2, 0) is 22.6 Å². The Morgan fingerprint density at radius 3 is 1.95 bits per heavy atom. The fourth-order valence-corrected chi connectivity index (χ4v) is 3.78. The highest BCUT2D eigenvalue weighted by atomic mass is 19.4. The molecular weight excluding hydrogens is 540 g/mol. The summed E-state index contributed by atoms with van der Waals surface area (Å²) in [5.74, 6) is -0.340. The van der Waals surface area contributed by atoms with Gasteiger partial charge in [0.1, 0.15) is 12.4 Å². The van der Waals surface area contributed by atoms with Gasteiger partial charge < -0.3 is 15.5 Å². The van der Waals surface area contributed by atoms with E-state index < -0.39 is 47.6 Å². The molecule has 13 heteroatoms. The quantitative estimate of drug-likeness (QED) is 0.327. The first-order valence-corrected chi connectivity index (χ1v) is 12.1. The molecule has 3 aromatic rings. The Balaban J connectivity index is 1.81. The Kier molecular flexibility index (Phi) is 8.28. The van der Waals surface area contributed by atoms with Gasteiger partial charge in [0.05, 0.1) is 22.5 Å². The number of likely N-dealkylation sites (N-methyl/N-ethyl adjacent to an activating group) is 1. The van der Waals surface area contributed by atoms with Crippen molar-refractivity contribution < 1.29 is 35.9 Å². The molecule has 0 aliphatic rings. The molecule has 3 rings (SSSR count). The Morgan fingerprint density at radius 1 is 0.875 bits per heavy atom. The number of alkyl halides is 6. The molecular formula is C27H29F6N5O2. The second kappa shape index (κ2) is 10.9. The third kappa shape index (κ3) is 7.33. The molecule has 0 unspecified atom stereocenters. The van der Waals surface area contributed by atoms with Crippen LogP contribution in [0.3, 0.4) is 0 Å². The standard InChI is InChI=1S/C27H29F6N5O2/c1-15-7-8-20(16(2)9-15)38-22(13-21(36-38)25(3,4)5)35-23(39)14-37(6)24(40)34-19-11-17(26(28,29)30)10-18(12-19)27(31,32)33/h7-13H,14H2,1-6H3,(H,34,40)(H,35,39). The zero-order valence-electron chi connectivity index (χ0n) is 22.7. The number of carbonyl (C=O) groups is 2. The highest BCUT2D eigenvalue weighted by molar-refractivity contribution is 5.96. The summed E-state index contributed by atoms with van der Waals surface area (Å²) in [7, 11) is 1.18. The Labute approximate surface area is 227 Å². The topological polar surface area (TPSA) is 79.3 Å². The van der Waals surface area contributed by atoms with E-state index in [1.807, 2.05) is 58.1 Å². The van der Waals surface area contributed by atoms with Crippen LogP contribution in [0.1, 0.15) is 48.7 Å².